The molecule has 3 rings (SSSR count). The van der Waals surface area contributed by atoms with Gasteiger partial charge in [0.1, 0.15) is 0 Å². The van der Waals surface area contributed by atoms with E-state index in [2.05, 4.69) is 16.0 Å². The second-order valence-corrected chi connectivity index (χ2v) is 5.05. The average Bonchev–Trinajstić information content (AvgIpc) is 2.52. The smallest absolute Gasteiger partial charge is 0.317 e. The van der Waals surface area contributed by atoms with Gasteiger partial charge in [-0.2, -0.15) is 0 Å². The summed E-state index contributed by atoms with van der Waals surface area (Å²) in [6, 6.07) is 10.0. The first-order valence-electron chi connectivity index (χ1n) is 7.05. The van der Waals surface area contributed by atoms with E-state index in [1.165, 1.54) is 5.56 Å². The second-order valence-electron chi connectivity index (χ2n) is 5.05. The fraction of sp³-hybridized carbons (Fsp3) is 0.312. The molecular weight excluding hydrogens is 266 g/mol. The lowest BCUT2D eigenvalue weighted by atomic mass is 10.0. The van der Waals surface area contributed by atoms with Crippen LogP contribution >= 0.6 is 0 Å². The lowest BCUT2D eigenvalue weighted by Gasteiger charge is -2.29. The molecule has 0 saturated heterocycles. The van der Waals surface area contributed by atoms with Gasteiger partial charge in [-0.15, -0.1) is 0 Å². The van der Waals surface area contributed by atoms with E-state index < -0.39 is 0 Å². The van der Waals surface area contributed by atoms with Gasteiger partial charge in [0.25, 0.3) is 5.91 Å². The van der Waals surface area contributed by atoms with Crippen molar-refractivity contribution in [3.63, 3.8) is 0 Å². The third-order valence-electron chi connectivity index (χ3n) is 3.51. The second kappa shape index (κ2) is 5.91. The monoisotopic (exact) mass is 283 g/mol. The Hall–Kier alpha value is -2.43. The molecule has 108 valence electrons. The largest absolute Gasteiger partial charge is 0.453 e. The molecule has 5 heteroatoms. The lowest BCUT2D eigenvalue weighted by Crippen LogP contribution is -2.38. The van der Waals surface area contributed by atoms with Crippen LogP contribution in [-0.4, -0.2) is 29.0 Å². The number of aryl methyl sites for hydroxylation is 2. The number of hydrogen-bond acceptors (Lipinski definition) is 4. The first-order chi connectivity index (χ1) is 10.2. The maximum atomic E-state index is 12.4. The molecule has 0 atom stereocenters. The fourth-order valence-corrected chi connectivity index (χ4v) is 2.49. The van der Waals surface area contributed by atoms with Gasteiger partial charge >= 0.3 is 6.01 Å². The Labute approximate surface area is 123 Å². The first kappa shape index (κ1) is 13.5. The number of fused-ring (bicyclic) bond motifs is 1. The number of carbonyl (C=O) groups excluding carboxylic acids is 1. The number of benzene rings is 1. The van der Waals surface area contributed by atoms with Gasteiger partial charge in [0.2, 0.25) is 0 Å². The Kier molecular flexibility index (Phi) is 3.81. The van der Waals surface area contributed by atoms with Crippen LogP contribution in [-0.2, 0) is 11.2 Å². The number of amides is 1. The summed E-state index contributed by atoms with van der Waals surface area (Å²) in [7, 11) is 0. The molecule has 1 amide bonds. The summed E-state index contributed by atoms with van der Waals surface area (Å²) < 4.78 is 5.40. The molecule has 0 saturated carbocycles. The molecule has 0 aliphatic carbocycles. The average molecular weight is 283 g/mol. The summed E-state index contributed by atoms with van der Waals surface area (Å²) in [6.45, 7) is 2.54. The van der Waals surface area contributed by atoms with Gasteiger partial charge < -0.3 is 9.64 Å². The SMILES string of the molecule is Cc1ccnc(OCC(=O)N2CCCc3ccccc32)n1. The van der Waals surface area contributed by atoms with Crippen LogP contribution in [0.2, 0.25) is 0 Å². The number of para-hydroxylation sites is 1. The van der Waals surface area contributed by atoms with Crippen LogP contribution < -0.4 is 9.64 Å². The summed E-state index contributed by atoms with van der Waals surface area (Å²) in [5.74, 6) is -0.0627. The Morgan fingerprint density at radius 3 is 3.05 bits per heavy atom. The van der Waals surface area contributed by atoms with Crippen molar-refractivity contribution >= 4 is 11.6 Å². The van der Waals surface area contributed by atoms with Gasteiger partial charge in [-0.3, -0.25) is 4.79 Å². The molecule has 2 aromatic rings. The molecule has 1 aliphatic heterocycles. The highest BCUT2D eigenvalue weighted by Gasteiger charge is 2.22. The lowest BCUT2D eigenvalue weighted by molar-refractivity contribution is -0.120. The molecule has 0 unspecified atom stereocenters. The number of rotatable bonds is 3. The number of ether oxygens (including phenoxy) is 1. The predicted molar refractivity (Wildman–Crippen MR) is 79.4 cm³/mol. The van der Waals surface area contributed by atoms with E-state index in [1.54, 1.807) is 17.2 Å². The van der Waals surface area contributed by atoms with E-state index >= 15 is 0 Å². The van der Waals surface area contributed by atoms with Crippen LogP contribution in [0.5, 0.6) is 6.01 Å². The minimum absolute atomic E-state index is 0.0439. The highest BCUT2D eigenvalue weighted by Crippen LogP contribution is 2.26. The van der Waals surface area contributed by atoms with Crippen molar-refractivity contribution < 1.29 is 9.53 Å². The Balaban J connectivity index is 1.69. The van der Waals surface area contributed by atoms with Crippen molar-refractivity contribution in [2.24, 2.45) is 0 Å². The zero-order valence-electron chi connectivity index (χ0n) is 12.0. The summed E-state index contributed by atoms with van der Waals surface area (Å²) >= 11 is 0. The molecule has 0 bridgehead atoms. The molecule has 0 spiro atoms. The third-order valence-corrected chi connectivity index (χ3v) is 3.51. The molecule has 21 heavy (non-hydrogen) atoms. The molecule has 0 N–H and O–H groups in total. The summed E-state index contributed by atoms with van der Waals surface area (Å²) in [5.41, 5.74) is 3.02. The van der Waals surface area contributed by atoms with Gasteiger partial charge in [-0.05, 0) is 37.5 Å². The van der Waals surface area contributed by atoms with Crippen LogP contribution in [0, 0.1) is 6.92 Å². The molecule has 0 radical (unpaired) electrons. The minimum Gasteiger partial charge on any atom is -0.453 e. The first-order valence-corrected chi connectivity index (χ1v) is 7.05. The Morgan fingerprint density at radius 1 is 1.33 bits per heavy atom. The quantitative estimate of drug-likeness (QED) is 0.866. The van der Waals surface area contributed by atoms with E-state index in [9.17, 15) is 4.79 Å². The number of nitrogens with zero attached hydrogens (tertiary/aromatic N) is 3. The van der Waals surface area contributed by atoms with Crippen molar-refractivity contribution in [3.05, 3.63) is 47.8 Å². The molecule has 1 aliphatic rings. The summed E-state index contributed by atoms with van der Waals surface area (Å²) in [4.78, 5) is 22.3. The van der Waals surface area contributed by atoms with Gasteiger partial charge in [0.15, 0.2) is 6.61 Å². The summed E-state index contributed by atoms with van der Waals surface area (Å²) in [5, 5.41) is 0. The van der Waals surface area contributed by atoms with Crippen LogP contribution in [0.3, 0.4) is 0 Å². The highest BCUT2D eigenvalue weighted by molar-refractivity contribution is 5.95. The number of anilines is 1. The molecule has 1 aromatic heterocycles. The molecular formula is C16H17N3O2. The van der Waals surface area contributed by atoms with Crippen molar-refractivity contribution in [2.75, 3.05) is 18.1 Å². The van der Waals surface area contributed by atoms with Crippen molar-refractivity contribution in [1.29, 1.82) is 0 Å². The molecule has 2 heterocycles. The topological polar surface area (TPSA) is 55.3 Å². The van der Waals surface area contributed by atoms with E-state index in [0.717, 1.165) is 30.8 Å². The fourth-order valence-electron chi connectivity index (χ4n) is 2.49. The molecule has 1 aromatic carbocycles. The maximum Gasteiger partial charge on any atom is 0.317 e. The minimum atomic E-state index is -0.0627. The van der Waals surface area contributed by atoms with Crippen LogP contribution in [0.15, 0.2) is 36.5 Å². The van der Waals surface area contributed by atoms with Gasteiger partial charge in [-0.25, -0.2) is 9.97 Å². The van der Waals surface area contributed by atoms with Crippen LogP contribution in [0.1, 0.15) is 17.7 Å². The third kappa shape index (κ3) is 3.02. The predicted octanol–water partition coefficient (Wildman–Crippen LogP) is 2.14. The van der Waals surface area contributed by atoms with E-state index in [-0.39, 0.29) is 18.5 Å². The van der Waals surface area contributed by atoms with Gasteiger partial charge in [-0.1, -0.05) is 18.2 Å². The number of aromatic nitrogens is 2. The maximum absolute atomic E-state index is 12.4. The van der Waals surface area contributed by atoms with Gasteiger partial charge in [0, 0.05) is 24.1 Å². The normalized spacial score (nSPS) is 13.7. The van der Waals surface area contributed by atoms with Crippen LogP contribution in [0.25, 0.3) is 0 Å². The van der Waals surface area contributed by atoms with E-state index in [0.29, 0.717) is 0 Å². The summed E-state index contributed by atoms with van der Waals surface area (Å²) in [6.07, 6.45) is 3.61. The zero-order valence-corrected chi connectivity index (χ0v) is 12.0. The van der Waals surface area contributed by atoms with E-state index in [4.69, 9.17) is 4.74 Å². The van der Waals surface area contributed by atoms with Gasteiger partial charge in [0.05, 0.1) is 0 Å². The molecule has 0 fully saturated rings. The highest BCUT2D eigenvalue weighted by atomic mass is 16.5. The number of hydrogen-bond donors (Lipinski definition) is 0. The number of carbonyl (C=O) groups is 1. The Morgan fingerprint density at radius 2 is 2.19 bits per heavy atom. The van der Waals surface area contributed by atoms with Crippen LogP contribution in [0.4, 0.5) is 5.69 Å². The zero-order chi connectivity index (χ0) is 14.7. The Bertz CT molecular complexity index is 657. The van der Waals surface area contributed by atoms with E-state index in [1.807, 2.05) is 25.1 Å². The standard InChI is InChI=1S/C16H17N3O2/c1-12-8-9-17-16(18-12)21-11-15(20)19-10-4-6-13-5-2-3-7-14(13)19/h2-3,5,7-9H,4,6,10-11H2,1H3. The van der Waals surface area contributed by atoms with Crippen molar-refractivity contribution in [3.8, 4) is 6.01 Å². The van der Waals surface area contributed by atoms with Crippen molar-refractivity contribution in [1.82, 2.24) is 9.97 Å². The van der Waals surface area contributed by atoms with Crippen molar-refractivity contribution in [2.45, 2.75) is 19.8 Å². The molecule has 5 nitrogen and oxygen atoms in total.